The predicted molar refractivity (Wildman–Crippen MR) is 127 cm³/mol. The molecule has 2 fully saturated rings. The summed E-state index contributed by atoms with van der Waals surface area (Å²) in [5.41, 5.74) is 0.982. The van der Waals surface area contributed by atoms with Crippen LogP contribution >= 0.6 is 0 Å². The van der Waals surface area contributed by atoms with E-state index >= 15 is 0 Å². The van der Waals surface area contributed by atoms with Crippen LogP contribution in [0.1, 0.15) is 40.2 Å². The molecule has 5 atom stereocenters. The molecule has 0 saturated carbocycles. The molecule has 0 spiro atoms. The number of benzene rings is 1. The molecule has 2 aliphatic rings. The maximum Gasteiger partial charge on any atom is 0.264 e. The largest absolute Gasteiger partial charge is 0.414 e. The van der Waals surface area contributed by atoms with Gasteiger partial charge in [-0.25, -0.2) is 0 Å². The number of rotatable bonds is 9. The molecule has 188 valence electrons. The first-order chi connectivity index (χ1) is 15.1. The number of hydrogen-bond donors (Lipinski definition) is 0. The summed E-state index contributed by atoms with van der Waals surface area (Å²) < 4.78 is 60.5. The molecule has 0 radical (unpaired) electrons. The molecule has 2 heterocycles. The zero-order valence-electron chi connectivity index (χ0n) is 20.9. The SMILES string of the molecule is CC1(C)O[C@H]2O[C@H](C(CO[Si](C)(C)C(C)(C)C)OS(C)(=O)=O)[C@H](OCc3ccccc3)[C@H]2O1. The Balaban J connectivity index is 1.84. The van der Waals surface area contributed by atoms with Crippen molar-refractivity contribution in [3.63, 3.8) is 0 Å². The fraction of sp³-hybridized carbons (Fsp3) is 0.739. The Morgan fingerprint density at radius 2 is 1.76 bits per heavy atom. The Morgan fingerprint density at radius 3 is 2.33 bits per heavy atom. The van der Waals surface area contributed by atoms with Crippen LogP contribution in [0.2, 0.25) is 18.1 Å². The van der Waals surface area contributed by atoms with Crippen LogP contribution in [-0.4, -0.2) is 66.1 Å². The second kappa shape index (κ2) is 9.66. The molecule has 33 heavy (non-hydrogen) atoms. The van der Waals surface area contributed by atoms with Crippen molar-refractivity contribution in [3.8, 4) is 0 Å². The second-order valence-corrected chi connectivity index (χ2v) is 17.2. The van der Waals surface area contributed by atoms with E-state index in [2.05, 4.69) is 33.9 Å². The summed E-state index contributed by atoms with van der Waals surface area (Å²) in [5.74, 6) is -0.834. The number of ether oxygens (including phenoxy) is 4. The molecule has 8 nitrogen and oxygen atoms in total. The standard InChI is InChI=1S/C23H38O8SSi/c1-22(2,3)33(7,8)27-15-17(31-32(6,24)25)18-19(26-14-16-12-10-9-11-13-16)20-21(28-18)30-23(4,5)29-20/h9-13,17-21H,14-15H2,1-8H3/t17?,18-,19+,20-,21-/m1/s1. The molecular formula is C23H38O8SSi. The van der Waals surface area contributed by atoms with E-state index in [4.69, 9.17) is 27.6 Å². The Kier molecular flexibility index (Phi) is 7.83. The number of hydrogen-bond acceptors (Lipinski definition) is 8. The van der Waals surface area contributed by atoms with Crippen LogP contribution in [-0.2, 0) is 44.3 Å². The van der Waals surface area contributed by atoms with E-state index in [9.17, 15) is 8.42 Å². The second-order valence-electron chi connectivity index (χ2n) is 10.7. The van der Waals surface area contributed by atoms with Gasteiger partial charge in [-0.15, -0.1) is 0 Å². The van der Waals surface area contributed by atoms with Crippen molar-refractivity contribution in [1.29, 1.82) is 0 Å². The van der Waals surface area contributed by atoms with E-state index in [0.29, 0.717) is 6.61 Å². The third kappa shape index (κ3) is 6.85. The molecule has 2 saturated heterocycles. The van der Waals surface area contributed by atoms with Gasteiger partial charge < -0.3 is 23.4 Å². The maximum absolute atomic E-state index is 12.1. The molecule has 0 amide bonds. The zero-order chi connectivity index (χ0) is 24.7. The van der Waals surface area contributed by atoms with Gasteiger partial charge in [0.05, 0.1) is 19.5 Å². The third-order valence-electron chi connectivity index (χ3n) is 6.39. The van der Waals surface area contributed by atoms with Gasteiger partial charge in [-0.05, 0) is 37.5 Å². The fourth-order valence-corrected chi connectivity index (χ4v) is 5.30. The molecule has 2 aliphatic heterocycles. The van der Waals surface area contributed by atoms with Gasteiger partial charge in [0.15, 0.2) is 20.4 Å². The summed E-state index contributed by atoms with van der Waals surface area (Å²) in [7, 11) is -5.95. The summed E-state index contributed by atoms with van der Waals surface area (Å²) in [6, 6.07) is 9.73. The minimum absolute atomic E-state index is 0.0465. The molecule has 1 unspecified atom stereocenters. The maximum atomic E-state index is 12.1. The summed E-state index contributed by atoms with van der Waals surface area (Å²) in [4.78, 5) is 0. The smallest absolute Gasteiger partial charge is 0.264 e. The van der Waals surface area contributed by atoms with Gasteiger partial charge in [0, 0.05) is 0 Å². The molecule has 0 aliphatic carbocycles. The molecule has 0 aromatic heterocycles. The molecule has 0 bridgehead atoms. The minimum Gasteiger partial charge on any atom is -0.414 e. The van der Waals surface area contributed by atoms with Crippen LogP contribution in [0.15, 0.2) is 30.3 Å². The van der Waals surface area contributed by atoms with Crippen LogP contribution in [0.3, 0.4) is 0 Å². The minimum atomic E-state index is -3.78. The molecule has 3 rings (SSSR count). The van der Waals surface area contributed by atoms with Crippen molar-refractivity contribution in [2.24, 2.45) is 0 Å². The molecule has 1 aromatic carbocycles. The van der Waals surface area contributed by atoms with Gasteiger partial charge in [-0.1, -0.05) is 51.1 Å². The monoisotopic (exact) mass is 502 g/mol. The van der Waals surface area contributed by atoms with E-state index in [1.165, 1.54) is 0 Å². The lowest BCUT2D eigenvalue weighted by atomic mass is 10.1. The molecular weight excluding hydrogens is 464 g/mol. The molecule has 10 heteroatoms. The Hall–Kier alpha value is -0.853. The highest BCUT2D eigenvalue weighted by molar-refractivity contribution is 7.86. The Morgan fingerprint density at radius 1 is 1.12 bits per heavy atom. The Bertz CT molecular complexity index is 897. The van der Waals surface area contributed by atoms with E-state index in [-0.39, 0.29) is 11.6 Å². The number of fused-ring (bicyclic) bond motifs is 1. The van der Waals surface area contributed by atoms with Gasteiger partial charge in [0.2, 0.25) is 0 Å². The van der Waals surface area contributed by atoms with Crippen molar-refractivity contribution in [2.75, 3.05) is 12.9 Å². The van der Waals surface area contributed by atoms with E-state index in [1.54, 1.807) is 0 Å². The van der Waals surface area contributed by atoms with Crippen molar-refractivity contribution in [1.82, 2.24) is 0 Å². The zero-order valence-corrected chi connectivity index (χ0v) is 22.7. The lowest BCUT2D eigenvalue weighted by Gasteiger charge is -2.38. The molecule has 0 N–H and O–H groups in total. The molecule has 1 aromatic rings. The van der Waals surface area contributed by atoms with Gasteiger partial charge >= 0.3 is 0 Å². The Labute approximate surface area is 199 Å². The van der Waals surface area contributed by atoms with Crippen molar-refractivity contribution in [2.45, 2.75) is 95.9 Å². The average molecular weight is 503 g/mol. The summed E-state index contributed by atoms with van der Waals surface area (Å²) in [5, 5.41) is -0.0465. The van der Waals surface area contributed by atoms with Gasteiger partial charge in [0.25, 0.3) is 10.1 Å². The first kappa shape index (κ1) is 26.7. The van der Waals surface area contributed by atoms with Crippen molar-refractivity contribution in [3.05, 3.63) is 35.9 Å². The van der Waals surface area contributed by atoms with E-state index in [1.807, 2.05) is 44.2 Å². The van der Waals surface area contributed by atoms with Crippen LogP contribution in [0.25, 0.3) is 0 Å². The third-order valence-corrected chi connectivity index (χ3v) is 11.5. The summed E-state index contributed by atoms with van der Waals surface area (Å²) in [6.07, 6.45) is -2.45. The van der Waals surface area contributed by atoms with E-state index in [0.717, 1.165) is 11.8 Å². The lowest BCUT2D eigenvalue weighted by molar-refractivity contribution is -0.229. The van der Waals surface area contributed by atoms with Crippen LogP contribution in [0.4, 0.5) is 0 Å². The van der Waals surface area contributed by atoms with Gasteiger partial charge in [0.1, 0.15) is 24.4 Å². The lowest BCUT2D eigenvalue weighted by Crippen LogP contribution is -2.49. The van der Waals surface area contributed by atoms with Crippen molar-refractivity contribution >= 4 is 18.4 Å². The quantitative estimate of drug-likeness (QED) is 0.372. The van der Waals surface area contributed by atoms with Crippen LogP contribution < -0.4 is 0 Å². The van der Waals surface area contributed by atoms with Gasteiger partial charge in [-0.3, -0.25) is 4.18 Å². The highest BCUT2D eigenvalue weighted by atomic mass is 32.2. The fourth-order valence-electron chi connectivity index (χ4n) is 3.67. The van der Waals surface area contributed by atoms with Gasteiger partial charge in [-0.2, -0.15) is 8.42 Å². The highest BCUT2D eigenvalue weighted by Gasteiger charge is 2.58. The van der Waals surface area contributed by atoms with Crippen molar-refractivity contribution < 1.29 is 36.0 Å². The predicted octanol–water partition coefficient (Wildman–Crippen LogP) is 3.81. The first-order valence-corrected chi connectivity index (χ1v) is 16.0. The summed E-state index contributed by atoms with van der Waals surface area (Å²) in [6.45, 7) is 14.6. The first-order valence-electron chi connectivity index (χ1n) is 11.3. The summed E-state index contributed by atoms with van der Waals surface area (Å²) >= 11 is 0. The average Bonchev–Trinajstić information content (AvgIpc) is 3.14. The van der Waals surface area contributed by atoms with Crippen LogP contribution in [0, 0.1) is 0 Å². The normalized spacial score (nSPS) is 28.6. The highest BCUT2D eigenvalue weighted by Crippen LogP contribution is 2.41. The van der Waals surface area contributed by atoms with Crippen LogP contribution in [0.5, 0.6) is 0 Å². The topological polar surface area (TPSA) is 89.5 Å². The van der Waals surface area contributed by atoms with E-state index < -0.39 is 54.9 Å².